The second-order valence-corrected chi connectivity index (χ2v) is 7.05. The lowest BCUT2D eigenvalue weighted by molar-refractivity contribution is 0.590. The van der Waals surface area contributed by atoms with Gasteiger partial charge in [-0.05, 0) is 60.6 Å². The van der Waals surface area contributed by atoms with Crippen LogP contribution in [0.5, 0.6) is 0 Å². The van der Waals surface area contributed by atoms with Crippen LogP contribution in [0.3, 0.4) is 0 Å². The molecule has 0 N–H and O–H groups in total. The SMILES string of the molecule is Cc1cc(C)c(N(C)c2ccccc2C(C)(C)C)cc1C. The fourth-order valence-corrected chi connectivity index (χ4v) is 2.84. The molecule has 2 rings (SSSR count). The van der Waals surface area contributed by atoms with Crippen LogP contribution in [-0.4, -0.2) is 7.05 Å². The highest BCUT2D eigenvalue weighted by Gasteiger charge is 2.20. The Balaban J connectivity index is 2.56. The first-order chi connectivity index (χ1) is 9.71. The monoisotopic (exact) mass is 281 g/mol. The van der Waals surface area contributed by atoms with Crippen molar-refractivity contribution in [3.05, 3.63) is 58.7 Å². The van der Waals surface area contributed by atoms with E-state index in [9.17, 15) is 0 Å². The zero-order chi connectivity index (χ0) is 15.8. The Kier molecular flexibility index (Phi) is 4.13. The number of hydrogen-bond acceptors (Lipinski definition) is 1. The molecule has 21 heavy (non-hydrogen) atoms. The average molecular weight is 281 g/mol. The van der Waals surface area contributed by atoms with Crippen molar-refractivity contribution < 1.29 is 0 Å². The van der Waals surface area contributed by atoms with Crippen LogP contribution in [-0.2, 0) is 5.41 Å². The van der Waals surface area contributed by atoms with E-state index in [-0.39, 0.29) is 5.41 Å². The Morgan fingerprint density at radius 2 is 1.33 bits per heavy atom. The number of rotatable bonds is 2. The van der Waals surface area contributed by atoms with Crippen molar-refractivity contribution in [1.29, 1.82) is 0 Å². The second kappa shape index (κ2) is 5.55. The third-order valence-electron chi connectivity index (χ3n) is 4.25. The van der Waals surface area contributed by atoms with Gasteiger partial charge in [-0.25, -0.2) is 0 Å². The number of aryl methyl sites for hydroxylation is 3. The zero-order valence-electron chi connectivity index (χ0n) is 14.4. The molecule has 0 saturated carbocycles. The number of benzene rings is 2. The average Bonchev–Trinajstić information content (AvgIpc) is 2.41. The number of hydrogen-bond donors (Lipinski definition) is 0. The molecule has 0 saturated heterocycles. The summed E-state index contributed by atoms with van der Waals surface area (Å²) in [6.07, 6.45) is 0. The fourth-order valence-electron chi connectivity index (χ4n) is 2.84. The van der Waals surface area contributed by atoms with Crippen molar-refractivity contribution in [2.75, 3.05) is 11.9 Å². The van der Waals surface area contributed by atoms with Gasteiger partial charge in [0, 0.05) is 18.4 Å². The maximum atomic E-state index is 2.32. The Bertz CT molecular complexity index is 647. The second-order valence-electron chi connectivity index (χ2n) is 7.05. The standard InChI is InChI=1S/C20H27N/c1-14-12-16(3)19(13-15(14)2)21(7)18-11-9-8-10-17(18)20(4,5)6/h8-13H,1-7H3. The molecule has 0 spiro atoms. The van der Waals surface area contributed by atoms with Gasteiger partial charge < -0.3 is 4.90 Å². The van der Waals surface area contributed by atoms with Crippen molar-refractivity contribution in [1.82, 2.24) is 0 Å². The first kappa shape index (κ1) is 15.6. The summed E-state index contributed by atoms with van der Waals surface area (Å²) in [6.45, 7) is 13.4. The van der Waals surface area contributed by atoms with Crippen LogP contribution >= 0.6 is 0 Å². The molecule has 0 bridgehead atoms. The minimum Gasteiger partial charge on any atom is -0.344 e. The lowest BCUT2D eigenvalue weighted by Gasteiger charge is -2.30. The molecule has 0 fully saturated rings. The van der Waals surface area contributed by atoms with Crippen molar-refractivity contribution in [2.45, 2.75) is 47.0 Å². The van der Waals surface area contributed by atoms with Crippen LogP contribution in [0.4, 0.5) is 11.4 Å². The van der Waals surface area contributed by atoms with Gasteiger partial charge in [0.15, 0.2) is 0 Å². The van der Waals surface area contributed by atoms with Gasteiger partial charge in [-0.3, -0.25) is 0 Å². The van der Waals surface area contributed by atoms with Crippen molar-refractivity contribution >= 4 is 11.4 Å². The smallest absolute Gasteiger partial charge is 0.0446 e. The van der Waals surface area contributed by atoms with E-state index in [0.29, 0.717) is 0 Å². The van der Waals surface area contributed by atoms with E-state index in [2.05, 4.69) is 89.9 Å². The minimum atomic E-state index is 0.137. The van der Waals surface area contributed by atoms with Crippen LogP contribution in [0.25, 0.3) is 0 Å². The van der Waals surface area contributed by atoms with Gasteiger partial charge in [0.05, 0.1) is 0 Å². The molecule has 1 nitrogen and oxygen atoms in total. The molecule has 0 aromatic heterocycles. The molecular formula is C20H27N. The van der Waals surface area contributed by atoms with Gasteiger partial charge in [0.2, 0.25) is 0 Å². The predicted octanol–water partition coefficient (Wildman–Crippen LogP) is 5.68. The highest BCUT2D eigenvalue weighted by Crippen LogP contribution is 2.36. The summed E-state index contributed by atoms with van der Waals surface area (Å²) in [4.78, 5) is 2.32. The lowest BCUT2D eigenvalue weighted by Crippen LogP contribution is -2.19. The Labute approximate surface area is 129 Å². The maximum absolute atomic E-state index is 2.32. The van der Waals surface area contributed by atoms with E-state index in [1.54, 1.807) is 0 Å². The van der Waals surface area contributed by atoms with Crippen LogP contribution in [0.2, 0.25) is 0 Å². The molecule has 0 heterocycles. The van der Waals surface area contributed by atoms with E-state index >= 15 is 0 Å². The lowest BCUT2D eigenvalue weighted by atomic mass is 9.85. The predicted molar refractivity (Wildman–Crippen MR) is 93.9 cm³/mol. The van der Waals surface area contributed by atoms with Crippen LogP contribution in [0.15, 0.2) is 36.4 Å². The first-order valence-electron chi connectivity index (χ1n) is 7.63. The topological polar surface area (TPSA) is 3.24 Å². The van der Waals surface area contributed by atoms with Crippen LogP contribution < -0.4 is 4.90 Å². The highest BCUT2D eigenvalue weighted by atomic mass is 15.1. The highest BCUT2D eigenvalue weighted by molar-refractivity contribution is 5.70. The summed E-state index contributed by atoms with van der Waals surface area (Å²) in [5, 5.41) is 0. The van der Waals surface area contributed by atoms with Gasteiger partial charge >= 0.3 is 0 Å². The van der Waals surface area contributed by atoms with Gasteiger partial charge in [-0.15, -0.1) is 0 Å². The van der Waals surface area contributed by atoms with Crippen molar-refractivity contribution in [3.8, 4) is 0 Å². The van der Waals surface area contributed by atoms with E-state index in [1.165, 1.54) is 33.6 Å². The number of anilines is 2. The fraction of sp³-hybridized carbons (Fsp3) is 0.400. The Morgan fingerprint density at radius 1 is 0.762 bits per heavy atom. The zero-order valence-corrected chi connectivity index (χ0v) is 14.4. The Morgan fingerprint density at radius 3 is 1.95 bits per heavy atom. The van der Waals surface area contributed by atoms with E-state index in [0.717, 1.165) is 0 Å². The van der Waals surface area contributed by atoms with Crippen molar-refractivity contribution in [2.24, 2.45) is 0 Å². The molecule has 0 radical (unpaired) electrons. The normalized spacial score (nSPS) is 11.6. The van der Waals surface area contributed by atoms with E-state index in [4.69, 9.17) is 0 Å². The third kappa shape index (κ3) is 3.12. The van der Waals surface area contributed by atoms with Gasteiger partial charge in [-0.2, -0.15) is 0 Å². The van der Waals surface area contributed by atoms with Crippen LogP contribution in [0, 0.1) is 20.8 Å². The molecule has 112 valence electrons. The number of nitrogens with zero attached hydrogens (tertiary/aromatic N) is 1. The third-order valence-corrected chi connectivity index (χ3v) is 4.25. The van der Waals surface area contributed by atoms with Crippen molar-refractivity contribution in [3.63, 3.8) is 0 Å². The molecule has 0 atom stereocenters. The molecule has 1 heteroatoms. The minimum absolute atomic E-state index is 0.137. The summed E-state index contributed by atoms with van der Waals surface area (Å²) < 4.78 is 0. The summed E-state index contributed by atoms with van der Waals surface area (Å²) in [5.41, 5.74) is 8.11. The van der Waals surface area contributed by atoms with Gasteiger partial charge in [-0.1, -0.05) is 45.0 Å². The largest absolute Gasteiger partial charge is 0.344 e. The summed E-state index contributed by atoms with van der Waals surface area (Å²) in [5.74, 6) is 0. The van der Waals surface area contributed by atoms with Crippen LogP contribution in [0.1, 0.15) is 43.0 Å². The molecule has 0 aliphatic carbocycles. The molecule has 2 aromatic carbocycles. The van der Waals surface area contributed by atoms with Gasteiger partial charge in [0.25, 0.3) is 0 Å². The van der Waals surface area contributed by atoms with E-state index < -0.39 is 0 Å². The summed E-state index contributed by atoms with van der Waals surface area (Å²) in [7, 11) is 2.17. The molecular weight excluding hydrogens is 254 g/mol. The maximum Gasteiger partial charge on any atom is 0.0446 e. The molecule has 2 aromatic rings. The summed E-state index contributed by atoms with van der Waals surface area (Å²) >= 11 is 0. The van der Waals surface area contributed by atoms with Gasteiger partial charge in [0.1, 0.15) is 0 Å². The van der Waals surface area contributed by atoms with E-state index in [1.807, 2.05) is 0 Å². The molecule has 0 aliphatic rings. The number of para-hydroxylation sites is 1. The Hall–Kier alpha value is -1.76. The quantitative estimate of drug-likeness (QED) is 0.684. The first-order valence-corrected chi connectivity index (χ1v) is 7.63. The summed E-state index contributed by atoms with van der Waals surface area (Å²) in [6, 6.07) is 13.3. The molecule has 0 unspecified atom stereocenters. The molecule has 0 amide bonds. The molecule has 0 aliphatic heterocycles.